The summed E-state index contributed by atoms with van der Waals surface area (Å²) in [6.45, 7) is 11.0. The molecule has 1 aromatic heterocycles. The summed E-state index contributed by atoms with van der Waals surface area (Å²) in [6, 6.07) is 4.84. The number of benzene rings is 1. The fourth-order valence-corrected chi connectivity index (χ4v) is 5.57. The zero-order valence-corrected chi connectivity index (χ0v) is 23.6. The van der Waals surface area contributed by atoms with Crippen LogP contribution in [0.2, 0.25) is 0 Å². The molecule has 39 heavy (non-hydrogen) atoms. The average Bonchev–Trinajstić information content (AvgIpc) is 3.37. The van der Waals surface area contributed by atoms with Gasteiger partial charge in [-0.15, -0.1) is 0 Å². The lowest BCUT2D eigenvalue weighted by molar-refractivity contribution is -0.110. The van der Waals surface area contributed by atoms with E-state index in [1.54, 1.807) is 42.5 Å². The van der Waals surface area contributed by atoms with Crippen LogP contribution in [-0.2, 0) is 4.79 Å². The molecule has 0 unspecified atom stereocenters. The van der Waals surface area contributed by atoms with Crippen LogP contribution in [0.4, 0.5) is 10.1 Å². The molecule has 5 N–H and O–H groups in total. The number of H-pyrrole nitrogens is 1. The summed E-state index contributed by atoms with van der Waals surface area (Å²) in [7, 11) is -3.17. The van der Waals surface area contributed by atoms with Gasteiger partial charge >= 0.3 is 0 Å². The van der Waals surface area contributed by atoms with E-state index in [1.807, 2.05) is 13.8 Å². The molecule has 1 aliphatic rings. The second-order valence-corrected chi connectivity index (χ2v) is 11.3. The molecule has 0 aliphatic carbocycles. The van der Waals surface area contributed by atoms with Crippen LogP contribution in [0.1, 0.15) is 46.7 Å². The van der Waals surface area contributed by atoms with Crippen molar-refractivity contribution in [3.05, 3.63) is 83.0 Å². The van der Waals surface area contributed by atoms with Crippen molar-refractivity contribution in [2.45, 2.75) is 32.6 Å². The highest BCUT2D eigenvalue weighted by molar-refractivity contribution is 8.24. The number of aromatic nitrogens is 1. The Labute approximate surface area is 230 Å². The summed E-state index contributed by atoms with van der Waals surface area (Å²) in [5.74, 6) is -0.520. The van der Waals surface area contributed by atoms with Gasteiger partial charge in [-0.2, -0.15) is 10.6 Å². The molecule has 0 atom stereocenters. The zero-order valence-electron chi connectivity index (χ0n) is 22.8. The Hall–Kier alpha value is -3.44. The number of carbonyl (C=O) groups excluding carboxylic acids is 2. The number of nitrogens with one attached hydrogen (secondary N) is 3. The van der Waals surface area contributed by atoms with Gasteiger partial charge in [0.05, 0.1) is 28.1 Å². The minimum Gasteiger partial charge on any atom is -0.358 e. The quantitative estimate of drug-likeness (QED) is 0.165. The predicted octanol–water partition coefficient (Wildman–Crippen LogP) is 5.90. The fraction of sp³-hybridized carbons (Fsp3) is 0.310. The van der Waals surface area contributed by atoms with Crippen molar-refractivity contribution >= 4 is 39.7 Å². The number of carbonyl (C=O) groups is 2. The molecule has 8 nitrogen and oxygen atoms in total. The number of anilines is 1. The molecular formula is C29H37FN4O4S. The number of likely N-dealkylation sites (N-methyl/N-ethyl adjacent to an activating group) is 1. The number of hydrogen-bond acceptors (Lipinski definition) is 5. The average molecular weight is 557 g/mol. The molecule has 0 saturated heterocycles. The molecule has 0 spiro atoms. The molecule has 2 aromatic rings. The van der Waals surface area contributed by atoms with Crippen LogP contribution in [0.25, 0.3) is 11.6 Å². The first-order valence-corrected chi connectivity index (χ1v) is 14.6. The van der Waals surface area contributed by atoms with Crippen LogP contribution in [0.15, 0.2) is 59.8 Å². The number of amides is 2. The van der Waals surface area contributed by atoms with E-state index in [9.17, 15) is 23.1 Å². The lowest BCUT2D eigenvalue weighted by atomic mass is 10.0. The van der Waals surface area contributed by atoms with Crippen molar-refractivity contribution < 1.29 is 23.1 Å². The van der Waals surface area contributed by atoms with Crippen LogP contribution in [0, 0.1) is 13.8 Å². The SMILES string of the molecule is CCN(CC)CCNC(=O)c1c(C)[nH]c(/C=C2\C(=O)Nc3ccc(S(O)(O)C/C=C/C=C\C=C\F)cc32)c1C. The highest BCUT2D eigenvalue weighted by Gasteiger charge is 2.28. The van der Waals surface area contributed by atoms with Crippen LogP contribution in [0.3, 0.4) is 0 Å². The maximum atomic E-state index is 12.9. The molecule has 1 aromatic carbocycles. The first-order chi connectivity index (χ1) is 18.6. The van der Waals surface area contributed by atoms with E-state index >= 15 is 0 Å². The van der Waals surface area contributed by atoms with Crippen LogP contribution >= 0.6 is 10.6 Å². The van der Waals surface area contributed by atoms with Gasteiger partial charge < -0.3 is 20.5 Å². The summed E-state index contributed by atoms with van der Waals surface area (Å²) in [4.78, 5) is 31.5. The lowest BCUT2D eigenvalue weighted by Crippen LogP contribution is -2.35. The van der Waals surface area contributed by atoms with Crippen molar-refractivity contribution in [3.8, 4) is 0 Å². The Bertz CT molecular complexity index is 1320. The maximum Gasteiger partial charge on any atom is 0.256 e. The Morgan fingerprint density at radius 3 is 2.54 bits per heavy atom. The van der Waals surface area contributed by atoms with Gasteiger partial charge in [0.2, 0.25) is 0 Å². The molecule has 10 heteroatoms. The van der Waals surface area contributed by atoms with Gasteiger partial charge in [-0.25, -0.2) is 4.39 Å². The van der Waals surface area contributed by atoms with Crippen LogP contribution in [-0.4, -0.2) is 62.7 Å². The van der Waals surface area contributed by atoms with Crippen LogP contribution in [0.5, 0.6) is 0 Å². The predicted molar refractivity (Wildman–Crippen MR) is 158 cm³/mol. The van der Waals surface area contributed by atoms with Crippen LogP contribution < -0.4 is 10.6 Å². The van der Waals surface area contributed by atoms with Gasteiger partial charge in [0.15, 0.2) is 0 Å². The molecule has 1 aliphatic heterocycles. The number of hydrogen-bond donors (Lipinski definition) is 5. The first kappa shape index (κ1) is 30.1. The third kappa shape index (κ3) is 7.36. The number of halogens is 1. The molecule has 2 heterocycles. The Balaban J connectivity index is 1.84. The minimum atomic E-state index is -3.17. The van der Waals surface area contributed by atoms with Crippen molar-refractivity contribution in [3.63, 3.8) is 0 Å². The Morgan fingerprint density at radius 1 is 1.13 bits per heavy atom. The van der Waals surface area contributed by atoms with Crippen molar-refractivity contribution in [1.29, 1.82) is 0 Å². The number of nitrogens with zero attached hydrogens (tertiary/aromatic N) is 1. The van der Waals surface area contributed by atoms with Gasteiger partial charge in [-0.3, -0.25) is 18.7 Å². The van der Waals surface area contributed by atoms with E-state index in [-0.39, 0.29) is 17.6 Å². The molecule has 0 fully saturated rings. The van der Waals surface area contributed by atoms with E-state index in [1.165, 1.54) is 12.2 Å². The second-order valence-electron chi connectivity index (χ2n) is 9.13. The van der Waals surface area contributed by atoms with Gasteiger partial charge in [-0.1, -0.05) is 38.2 Å². The molecule has 0 saturated carbocycles. The largest absolute Gasteiger partial charge is 0.358 e. The third-order valence-electron chi connectivity index (χ3n) is 6.62. The van der Waals surface area contributed by atoms with Gasteiger partial charge in [-0.05, 0) is 62.9 Å². The maximum absolute atomic E-state index is 12.9. The standard InChI is InChI=1S/C29H37FN4O4S/c1-5-34(6-2)16-15-31-29(36)27-20(3)26(32-21(27)4)19-24-23-18-22(12-13-25(23)33-28(24)35)39(37,38)17-11-9-7-8-10-14-30/h7-14,18-19,32,37-38H,5-6,15-17H2,1-4H3,(H,31,36)(H,33,35)/b8-7-,11-9+,14-10+,24-19-. The minimum absolute atomic E-state index is 0.0302. The molecular weight excluding hydrogens is 519 g/mol. The number of rotatable bonds is 12. The molecule has 210 valence electrons. The highest BCUT2D eigenvalue weighted by Crippen LogP contribution is 2.50. The van der Waals surface area contributed by atoms with E-state index in [2.05, 4.69) is 34.4 Å². The highest BCUT2D eigenvalue weighted by atomic mass is 32.3. The number of aryl methyl sites for hydroxylation is 1. The second kappa shape index (κ2) is 13.6. The van der Waals surface area contributed by atoms with E-state index in [0.29, 0.717) is 51.5 Å². The van der Waals surface area contributed by atoms with E-state index < -0.39 is 10.6 Å². The van der Waals surface area contributed by atoms with E-state index in [0.717, 1.165) is 25.2 Å². The van der Waals surface area contributed by atoms with Gasteiger partial charge in [0, 0.05) is 35.7 Å². The summed E-state index contributed by atoms with van der Waals surface area (Å²) in [6.07, 6.45) is 9.57. The van der Waals surface area contributed by atoms with Crippen molar-refractivity contribution in [1.82, 2.24) is 15.2 Å². The Kier molecular flexibility index (Phi) is 10.5. The van der Waals surface area contributed by atoms with Gasteiger partial charge in [0.1, 0.15) is 0 Å². The van der Waals surface area contributed by atoms with Gasteiger partial charge in [0.25, 0.3) is 11.8 Å². The lowest BCUT2D eigenvalue weighted by Gasteiger charge is -2.31. The first-order valence-electron chi connectivity index (χ1n) is 12.8. The summed E-state index contributed by atoms with van der Waals surface area (Å²) in [5, 5.41) is 5.80. The summed E-state index contributed by atoms with van der Waals surface area (Å²) in [5.41, 5.74) is 4.07. The topological polar surface area (TPSA) is 118 Å². The fourth-order valence-electron chi connectivity index (χ4n) is 4.41. The molecule has 2 amide bonds. The van der Waals surface area contributed by atoms with Crippen molar-refractivity contribution in [2.75, 3.05) is 37.2 Å². The molecule has 3 rings (SSSR count). The summed E-state index contributed by atoms with van der Waals surface area (Å²) < 4.78 is 33.5. The third-order valence-corrected chi connectivity index (χ3v) is 8.29. The number of aromatic amines is 1. The summed E-state index contributed by atoms with van der Waals surface area (Å²) >= 11 is 0. The number of allylic oxidation sites excluding steroid dienone is 4. The smallest absolute Gasteiger partial charge is 0.256 e. The molecule has 0 bridgehead atoms. The normalized spacial score (nSPS) is 15.3. The zero-order chi connectivity index (χ0) is 28.6. The van der Waals surface area contributed by atoms with Crippen molar-refractivity contribution in [2.24, 2.45) is 0 Å². The molecule has 0 radical (unpaired) electrons. The Morgan fingerprint density at radius 2 is 1.85 bits per heavy atom. The van der Waals surface area contributed by atoms with E-state index in [4.69, 9.17) is 0 Å². The monoisotopic (exact) mass is 556 g/mol. The number of fused-ring (bicyclic) bond motifs is 1.